The molecule has 0 aliphatic heterocycles. The van der Waals surface area contributed by atoms with Gasteiger partial charge >= 0.3 is 0 Å². The van der Waals surface area contributed by atoms with E-state index in [1.165, 1.54) is 50.2 Å². The zero-order valence-electron chi connectivity index (χ0n) is 15.5. The second-order valence-corrected chi connectivity index (χ2v) is 13.0. The lowest BCUT2D eigenvalue weighted by atomic mass is 9.62. The minimum Gasteiger partial charge on any atom is -0.414 e. The molecule has 0 heterocycles. The smallest absolute Gasteiger partial charge is 0.192 e. The lowest BCUT2D eigenvalue weighted by Crippen LogP contribution is -2.48. The van der Waals surface area contributed by atoms with E-state index in [1.54, 1.807) is 0 Å². The first-order valence-corrected chi connectivity index (χ1v) is 12.3. The Bertz CT molecular complexity index is 347. The van der Waals surface area contributed by atoms with Gasteiger partial charge in [-0.1, -0.05) is 41.0 Å². The van der Waals surface area contributed by atoms with Gasteiger partial charge in [0, 0.05) is 12.7 Å². The van der Waals surface area contributed by atoms with Crippen molar-refractivity contribution in [2.24, 2.45) is 23.2 Å². The van der Waals surface area contributed by atoms with Crippen molar-refractivity contribution in [2.75, 3.05) is 6.61 Å². The molecular formula is C19H38O2Si. The van der Waals surface area contributed by atoms with Crippen LogP contribution < -0.4 is 0 Å². The summed E-state index contributed by atoms with van der Waals surface area (Å²) >= 11 is 0. The van der Waals surface area contributed by atoms with Crippen molar-refractivity contribution < 1.29 is 9.53 Å². The Balaban J connectivity index is 2.16. The van der Waals surface area contributed by atoms with Gasteiger partial charge in [0.25, 0.3) is 0 Å². The monoisotopic (exact) mass is 326 g/mol. The summed E-state index contributed by atoms with van der Waals surface area (Å²) in [7, 11) is -1.50. The van der Waals surface area contributed by atoms with E-state index < -0.39 is 8.32 Å². The third-order valence-corrected chi connectivity index (χ3v) is 12.1. The van der Waals surface area contributed by atoms with Crippen molar-refractivity contribution in [3.05, 3.63) is 0 Å². The van der Waals surface area contributed by atoms with Gasteiger partial charge < -0.3 is 9.53 Å². The molecule has 3 heteroatoms. The van der Waals surface area contributed by atoms with Gasteiger partial charge in [0.2, 0.25) is 0 Å². The van der Waals surface area contributed by atoms with Gasteiger partial charge in [0.1, 0.15) is 0 Å². The van der Waals surface area contributed by atoms with Crippen molar-refractivity contribution in [3.63, 3.8) is 0 Å². The molecule has 0 bridgehead atoms. The first-order chi connectivity index (χ1) is 10.5. The summed E-state index contributed by atoms with van der Waals surface area (Å²) < 4.78 is 6.94. The molecule has 22 heavy (non-hydrogen) atoms. The van der Waals surface area contributed by atoms with Gasteiger partial charge in [-0.3, -0.25) is 0 Å². The topological polar surface area (TPSA) is 29.5 Å². The zero-order valence-corrected chi connectivity index (χ0v) is 16.5. The standard InChI is InChI=1S/C19H38O2Si/c1-6-22(7-2,8-3)21-18-10-9-13-19(5)16(15(4)14-20)11-12-17(18)19/h15-18,20H,6-14H2,1-5H3/t15?,16?,17?,18-,19+/m0/s1. The minimum absolute atomic E-state index is 0.343. The van der Waals surface area contributed by atoms with E-state index in [1.807, 2.05) is 0 Å². The SMILES string of the molecule is CC[Si](CC)(CC)O[C@H]1CCC[C@]2(C)C(C(C)CO)CCC12. The van der Waals surface area contributed by atoms with Gasteiger partial charge in [0.05, 0.1) is 0 Å². The van der Waals surface area contributed by atoms with Crippen LogP contribution in [-0.2, 0) is 4.43 Å². The number of hydrogen-bond acceptors (Lipinski definition) is 2. The second kappa shape index (κ2) is 7.35. The van der Waals surface area contributed by atoms with E-state index in [2.05, 4.69) is 34.6 Å². The van der Waals surface area contributed by atoms with Crippen molar-refractivity contribution >= 4 is 8.32 Å². The fourth-order valence-electron chi connectivity index (χ4n) is 5.68. The highest BCUT2D eigenvalue weighted by Crippen LogP contribution is 2.58. The molecule has 2 fully saturated rings. The molecule has 0 aromatic heterocycles. The summed E-state index contributed by atoms with van der Waals surface area (Å²) in [4.78, 5) is 0. The maximum atomic E-state index is 9.64. The van der Waals surface area contributed by atoms with Crippen molar-refractivity contribution in [1.29, 1.82) is 0 Å². The number of aliphatic hydroxyl groups is 1. The van der Waals surface area contributed by atoms with Gasteiger partial charge in [-0.05, 0) is 67.0 Å². The Kier molecular flexibility index (Phi) is 6.18. The number of hydrogen-bond donors (Lipinski definition) is 1. The Morgan fingerprint density at radius 3 is 2.32 bits per heavy atom. The maximum Gasteiger partial charge on any atom is 0.192 e. The third kappa shape index (κ3) is 3.18. The molecule has 2 saturated carbocycles. The first kappa shape index (κ1) is 18.5. The maximum absolute atomic E-state index is 9.64. The predicted octanol–water partition coefficient (Wildman–Crippen LogP) is 5.22. The summed E-state index contributed by atoms with van der Waals surface area (Å²) in [5.74, 6) is 1.87. The summed E-state index contributed by atoms with van der Waals surface area (Å²) in [6.07, 6.45) is 7.04. The Labute approximate surface area is 139 Å². The largest absolute Gasteiger partial charge is 0.414 e. The molecule has 0 aromatic carbocycles. The molecule has 0 spiro atoms. The van der Waals surface area contributed by atoms with Crippen LogP contribution >= 0.6 is 0 Å². The molecule has 2 aliphatic carbocycles. The molecule has 3 unspecified atom stereocenters. The fourth-order valence-corrected chi connectivity index (χ4v) is 8.61. The van der Waals surface area contributed by atoms with E-state index in [4.69, 9.17) is 4.43 Å². The summed E-state index contributed by atoms with van der Waals surface area (Å²) in [5, 5.41) is 9.64. The van der Waals surface area contributed by atoms with Crippen LogP contribution in [0.15, 0.2) is 0 Å². The molecule has 0 saturated heterocycles. The van der Waals surface area contributed by atoms with Gasteiger partial charge in [-0.25, -0.2) is 0 Å². The highest BCUT2D eigenvalue weighted by molar-refractivity contribution is 6.73. The van der Waals surface area contributed by atoms with Crippen LogP contribution in [0.25, 0.3) is 0 Å². The van der Waals surface area contributed by atoms with E-state index in [0.29, 0.717) is 30.0 Å². The molecule has 0 aromatic rings. The molecule has 0 amide bonds. The highest BCUT2D eigenvalue weighted by atomic mass is 28.4. The van der Waals surface area contributed by atoms with Crippen molar-refractivity contribution in [2.45, 2.75) is 91.0 Å². The van der Waals surface area contributed by atoms with Crippen LogP contribution in [0, 0.1) is 23.2 Å². The molecule has 5 atom stereocenters. The van der Waals surface area contributed by atoms with Crippen LogP contribution in [0.4, 0.5) is 0 Å². The van der Waals surface area contributed by atoms with Crippen molar-refractivity contribution in [1.82, 2.24) is 0 Å². The predicted molar refractivity (Wildman–Crippen MR) is 96.5 cm³/mol. The van der Waals surface area contributed by atoms with Crippen LogP contribution in [0.1, 0.15) is 66.7 Å². The first-order valence-electron chi connectivity index (χ1n) is 9.75. The van der Waals surface area contributed by atoms with Crippen LogP contribution in [0.5, 0.6) is 0 Å². The molecule has 0 radical (unpaired) electrons. The quantitative estimate of drug-likeness (QED) is 0.650. The fraction of sp³-hybridized carbons (Fsp3) is 1.00. The zero-order chi connectivity index (χ0) is 16.4. The summed E-state index contributed by atoms with van der Waals surface area (Å²) in [6.45, 7) is 12.1. The third-order valence-electron chi connectivity index (χ3n) is 7.44. The molecule has 1 N–H and O–H groups in total. The van der Waals surface area contributed by atoms with Crippen LogP contribution in [0.2, 0.25) is 18.1 Å². The van der Waals surface area contributed by atoms with Gasteiger partial charge in [-0.2, -0.15) is 0 Å². The molecule has 2 rings (SSSR count). The lowest BCUT2D eigenvalue weighted by Gasteiger charge is -2.48. The Hall–Kier alpha value is 0.137. The van der Waals surface area contributed by atoms with E-state index in [9.17, 15) is 5.11 Å². The summed E-state index contributed by atoms with van der Waals surface area (Å²) in [5.41, 5.74) is 0.403. The Morgan fingerprint density at radius 1 is 1.14 bits per heavy atom. The van der Waals surface area contributed by atoms with E-state index in [-0.39, 0.29) is 0 Å². The number of rotatable bonds is 7. The normalized spacial score (nSPS) is 37.1. The lowest BCUT2D eigenvalue weighted by molar-refractivity contribution is -0.0251. The Morgan fingerprint density at radius 2 is 1.77 bits per heavy atom. The summed E-state index contributed by atoms with van der Waals surface area (Å²) in [6, 6.07) is 3.78. The van der Waals surface area contributed by atoms with Gasteiger partial charge in [0.15, 0.2) is 8.32 Å². The van der Waals surface area contributed by atoms with Crippen LogP contribution in [0.3, 0.4) is 0 Å². The average Bonchev–Trinajstić information content (AvgIpc) is 2.90. The molecule has 2 aliphatic rings. The molecule has 130 valence electrons. The molecular weight excluding hydrogens is 288 g/mol. The van der Waals surface area contributed by atoms with E-state index in [0.717, 1.165) is 5.92 Å². The number of aliphatic hydroxyl groups excluding tert-OH is 1. The second-order valence-electron chi connectivity index (χ2n) is 8.25. The minimum atomic E-state index is -1.50. The molecule has 2 nitrogen and oxygen atoms in total. The van der Waals surface area contributed by atoms with E-state index >= 15 is 0 Å². The average molecular weight is 327 g/mol. The van der Waals surface area contributed by atoms with Gasteiger partial charge in [-0.15, -0.1) is 0 Å². The highest BCUT2D eigenvalue weighted by Gasteiger charge is 2.53. The van der Waals surface area contributed by atoms with Crippen molar-refractivity contribution in [3.8, 4) is 0 Å². The van der Waals surface area contributed by atoms with Crippen LogP contribution in [-0.4, -0.2) is 26.1 Å². The number of fused-ring (bicyclic) bond motifs is 1.